The molecular weight excluding hydrogens is 214 g/mol. The van der Waals surface area contributed by atoms with E-state index in [1.807, 2.05) is 0 Å². The minimum absolute atomic E-state index is 0.150. The first-order chi connectivity index (χ1) is 7.47. The number of nitrogens with zero attached hydrogens (tertiary/aromatic N) is 1. The lowest BCUT2D eigenvalue weighted by Crippen LogP contribution is -2.46. The molecule has 86 valence electrons. The van der Waals surface area contributed by atoms with E-state index in [-0.39, 0.29) is 12.8 Å². The van der Waals surface area contributed by atoms with E-state index in [0.717, 1.165) is 5.56 Å². The lowest BCUT2D eigenvalue weighted by atomic mass is 9.95. The van der Waals surface area contributed by atoms with Crippen molar-refractivity contribution in [2.24, 2.45) is 0 Å². The quantitative estimate of drug-likeness (QED) is 0.604. The van der Waals surface area contributed by atoms with Crippen LogP contribution in [-0.4, -0.2) is 37.8 Å². The fourth-order valence-corrected chi connectivity index (χ4v) is 1.18. The van der Waals surface area contributed by atoms with Gasteiger partial charge in [0.25, 0.3) is 5.60 Å². The van der Waals surface area contributed by atoms with Crippen molar-refractivity contribution in [2.45, 2.75) is 18.4 Å². The Bertz CT molecular complexity index is 375. The number of carboxylic acid groups (broad SMARTS) is 2. The van der Waals surface area contributed by atoms with Crippen molar-refractivity contribution in [3.8, 4) is 0 Å². The molecule has 0 fully saturated rings. The van der Waals surface area contributed by atoms with Gasteiger partial charge in [-0.05, 0) is 24.1 Å². The van der Waals surface area contributed by atoms with Crippen LogP contribution in [0.25, 0.3) is 0 Å². The maximum absolute atomic E-state index is 10.6. The van der Waals surface area contributed by atoms with Gasteiger partial charge in [0.1, 0.15) is 0 Å². The largest absolute Gasteiger partial charge is 0.479 e. The SMILES string of the molecule is O=C(O)C(O)(CCc1ccncc1)C(=O)O. The Morgan fingerprint density at radius 1 is 1.19 bits per heavy atom. The molecule has 6 heteroatoms. The molecule has 3 N–H and O–H groups in total. The molecule has 0 aliphatic carbocycles. The summed E-state index contributed by atoms with van der Waals surface area (Å²) in [5.74, 6) is -3.51. The molecule has 0 amide bonds. The van der Waals surface area contributed by atoms with E-state index in [1.165, 1.54) is 12.4 Å². The normalized spacial score (nSPS) is 11.1. The summed E-state index contributed by atoms with van der Waals surface area (Å²) >= 11 is 0. The predicted octanol–water partition coefficient (Wildman–Crippen LogP) is -0.0855. The van der Waals surface area contributed by atoms with Crippen molar-refractivity contribution >= 4 is 11.9 Å². The summed E-state index contributed by atoms with van der Waals surface area (Å²) in [6.45, 7) is 0. The summed E-state index contributed by atoms with van der Waals surface area (Å²) in [5, 5.41) is 26.7. The van der Waals surface area contributed by atoms with Crippen molar-refractivity contribution in [3.05, 3.63) is 30.1 Å². The standard InChI is InChI=1S/C10H11NO5/c12-8(13)10(16,9(14)15)4-1-7-2-5-11-6-3-7/h2-3,5-6,16H,1,4H2,(H,12,13)(H,14,15). The number of aromatic nitrogens is 1. The maximum atomic E-state index is 10.6. The third-order valence-corrected chi connectivity index (χ3v) is 2.23. The Labute approximate surface area is 91.2 Å². The first-order valence-electron chi connectivity index (χ1n) is 4.55. The third kappa shape index (κ3) is 2.54. The number of hydrogen-bond donors (Lipinski definition) is 3. The molecule has 0 atom stereocenters. The molecule has 0 aromatic carbocycles. The lowest BCUT2D eigenvalue weighted by Gasteiger charge is -2.17. The van der Waals surface area contributed by atoms with Crippen molar-refractivity contribution in [3.63, 3.8) is 0 Å². The van der Waals surface area contributed by atoms with Crippen molar-refractivity contribution in [2.75, 3.05) is 0 Å². The topological polar surface area (TPSA) is 108 Å². The van der Waals surface area contributed by atoms with Gasteiger partial charge < -0.3 is 15.3 Å². The minimum Gasteiger partial charge on any atom is -0.479 e. The Hall–Kier alpha value is -1.95. The zero-order chi connectivity index (χ0) is 12.2. The first kappa shape index (κ1) is 12.1. The van der Waals surface area contributed by atoms with E-state index in [9.17, 15) is 14.7 Å². The molecule has 0 saturated carbocycles. The van der Waals surface area contributed by atoms with Crippen LogP contribution in [-0.2, 0) is 16.0 Å². The number of aliphatic hydroxyl groups is 1. The Kier molecular flexibility index (Phi) is 3.57. The van der Waals surface area contributed by atoms with Gasteiger partial charge in [-0.3, -0.25) is 4.98 Å². The zero-order valence-corrected chi connectivity index (χ0v) is 8.33. The highest BCUT2D eigenvalue weighted by molar-refractivity contribution is 6.01. The fourth-order valence-electron chi connectivity index (χ4n) is 1.18. The molecule has 1 aromatic rings. The molecule has 1 heterocycles. The summed E-state index contributed by atoms with van der Waals surface area (Å²) in [5.41, 5.74) is -2.01. The summed E-state index contributed by atoms with van der Waals surface area (Å²) in [6, 6.07) is 3.26. The molecule has 0 aliphatic rings. The van der Waals surface area contributed by atoms with Crippen LogP contribution in [0.15, 0.2) is 24.5 Å². The van der Waals surface area contributed by atoms with Gasteiger partial charge in [-0.2, -0.15) is 0 Å². The van der Waals surface area contributed by atoms with Gasteiger partial charge in [0.15, 0.2) is 0 Å². The van der Waals surface area contributed by atoms with E-state index in [0.29, 0.717) is 0 Å². The highest BCUT2D eigenvalue weighted by Crippen LogP contribution is 2.15. The molecule has 1 rings (SSSR count). The number of rotatable bonds is 5. The van der Waals surface area contributed by atoms with Gasteiger partial charge in [-0.25, -0.2) is 9.59 Å². The zero-order valence-electron chi connectivity index (χ0n) is 8.33. The maximum Gasteiger partial charge on any atom is 0.347 e. The average Bonchev–Trinajstić information content (AvgIpc) is 2.26. The van der Waals surface area contributed by atoms with Crippen LogP contribution in [0, 0.1) is 0 Å². The first-order valence-corrected chi connectivity index (χ1v) is 4.55. The van der Waals surface area contributed by atoms with Gasteiger partial charge in [-0.15, -0.1) is 0 Å². The van der Waals surface area contributed by atoms with E-state index in [4.69, 9.17) is 10.2 Å². The number of aliphatic carboxylic acids is 2. The van der Waals surface area contributed by atoms with Gasteiger partial charge in [0, 0.05) is 18.8 Å². The van der Waals surface area contributed by atoms with Crippen LogP contribution < -0.4 is 0 Å². The number of aryl methyl sites for hydroxylation is 1. The summed E-state index contributed by atoms with van der Waals surface area (Å²) in [4.78, 5) is 25.0. The molecule has 0 spiro atoms. The average molecular weight is 225 g/mol. The van der Waals surface area contributed by atoms with Crippen LogP contribution in [0.1, 0.15) is 12.0 Å². The van der Waals surface area contributed by atoms with Gasteiger partial charge in [0.05, 0.1) is 0 Å². The number of hydrogen-bond acceptors (Lipinski definition) is 4. The molecular formula is C10H11NO5. The third-order valence-electron chi connectivity index (χ3n) is 2.23. The smallest absolute Gasteiger partial charge is 0.347 e. The molecule has 16 heavy (non-hydrogen) atoms. The van der Waals surface area contributed by atoms with Crippen molar-refractivity contribution < 1.29 is 24.9 Å². The number of pyridine rings is 1. The molecule has 0 unspecified atom stereocenters. The minimum atomic E-state index is -2.73. The number of carboxylic acids is 2. The fraction of sp³-hybridized carbons (Fsp3) is 0.300. The highest BCUT2D eigenvalue weighted by Gasteiger charge is 2.44. The summed E-state index contributed by atoms with van der Waals surface area (Å²) in [7, 11) is 0. The van der Waals surface area contributed by atoms with Gasteiger partial charge >= 0.3 is 11.9 Å². The molecule has 0 aliphatic heterocycles. The molecule has 0 radical (unpaired) electrons. The second-order valence-electron chi connectivity index (χ2n) is 3.33. The highest BCUT2D eigenvalue weighted by atomic mass is 16.4. The van der Waals surface area contributed by atoms with E-state index in [2.05, 4.69) is 4.98 Å². The van der Waals surface area contributed by atoms with Gasteiger partial charge in [-0.1, -0.05) is 0 Å². The van der Waals surface area contributed by atoms with Crippen LogP contribution in [0.2, 0.25) is 0 Å². The molecule has 1 aromatic heterocycles. The van der Waals surface area contributed by atoms with Crippen molar-refractivity contribution in [1.82, 2.24) is 4.98 Å². The van der Waals surface area contributed by atoms with Gasteiger partial charge in [0.2, 0.25) is 0 Å². The second kappa shape index (κ2) is 4.71. The Morgan fingerprint density at radius 3 is 2.12 bits per heavy atom. The van der Waals surface area contributed by atoms with E-state index in [1.54, 1.807) is 12.1 Å². The van der Waals surface area contributed by atoms with Crippen LogP contribution in [0.3, 0.4) is 0 Å². The van der Waals surface area contributed by atoms with Crippen LogP contribution >= 0.6 is 0 Å². The monoisotopic (exact) mass is 225 g/mol. The van der Waals surface area contributed by atoms with Crippen LogP contribution in [0.4, 0.5) is 0 Å². The number of carbonyl (C=O) groups is 2. The predicted molar refractivity (Wildman–Crippen MR) is 52.8 cm³/mol. The van der Waals surface area contributed by atoms with Crippen molar-refractivity contribution in [1.29, 1.82) is 0 Å². The second-order valence-corrected chi connectivity index (χ2v) is 3.33. The Balaban J connectivity index is 2.72. The molecule has 0 saturated heterocycles. The Morgan fingerprint density at radius 2 is 1.69 bits per heavy atom. The van der Waals surface area contributed by atoms with E-state index >= 15 is 0 Å². The summed E-state index contributed by atoms with van der Waals surface area (Å²) < 4.78 is 0. The van der Waals surface area contributed by atoms with Crippen LogP contribution in [0.5, 0.6) is 0 Å². The van der Waals surface area contributed by atoms with E-state index < -0.39 is 17.5 Å². The summed E-state index contributed by atoms with van der Waals surface area (Å²) in [6.07, 6.45) is 2.78. The lowest BCUT2D eigenvalue weighted by molar-refractivity contribution is -0.176. The molecule has 0 bridgehead atoms. The molecule has 6 nitrogen and oxygen atoms in total.